The summed E-state index contributed by atoms with van der Waals surface area (Å²) in [6.45, 7) is 11.6. The number of nitrogens with two attached hydrogens (primary N) is 1. The predicted molar refractivity (Wildman–Crippen MR) is 66.0 cm³/mol. The molecule has 1 aliphatic heterocycles. The second-order valence-corrected chi connectivity index (χ2v) is 4.87. The molecule has 0 saturated carbocycles. The highest BCUT2D eigenvalue weighted by molar-refractivity contribution is 4.91. The minimum absolute atomic E-state index is 0.439. The average molecular weight is 211 g/mol. The van der Waals surface area contributed by atoms with Crippen LogP contribution in [0.25, 0.3) is 0 Å². The van der Waals surface area contributed by atoms with E-state index in [1.54, 1.807) is 0 Å². The lowest BCUT2D eigenvalue weighted by atomic mass is 10.1. The van der Waals surface area contributed by atoms with Crippen LogP contribution < -0.4 is 5.73 Å². The topological polar surface area (TPSA) is 32.5 Å². The van der Waals surface area contributed by atoms with E-state index in [0.29, 0.717) is 6.04 Å². The van der Waals surface area contributed by atoms with E-state index in [2.05, 4.69) is 30.4 Å². The molecule has 88 valence electrons. The zero-order valence-electron chi connectivity index (χ0n) is 10.2. The Hall–Kier alpha value is -0.380. The van der Waals surface area contributed by atoms with Crippen molar-refractivity contribution >= 4 is 0 Å². The van der Waals surface area contributed by atoms with Gasteiger partial charge >= 0.3 is 0 Å². The number of likely N-dealkylation sites (tertiary alicyclic amines) is 1. The monoisotopic (exact) mass is 211 g/mol. The lowest BCUT2D eigenvalue weighted by Gasteiger charge is -2.31. The van der Waals surface area contributed by atoms with Crippen molar-refractivity contribution in [3.63, 3.8) is 0 Å². The summed E-state index contributed by atoms with van der Waals surface area (Å²) in [5.41, 5.74) is 7.10. The maximum Gasteiger partial charge on any atom is 0.0184 e. The molecule has 1 aliphatic rings. The Morgan fingerprint density at radius 3 is 2.60 bits per heavy atom. The van der Waals surface area contributed by atoms with Gasteiger partial charge in [-0.15, -0.1) is 0 Å². The third kappa shape index (κ3) is 5.30. The van der Waals surface area contributed by atoms with Crippen LogP contribution in [0.15, 0.2) is 12.2 Å². The summed E-state index contributed by atoms with van der Waals surface area (Å²) in [5, 5.41) is 0. The zero-order chi connectivity index (χ0) is 11.3. The normalized spacial score (nSPS) is 19.7. The first-order valence-corrected chi connectivity index (χ1v) is 5.89. The van der Waals surface area contributed by atoms with Crippen LogP contribution in [0.2, 0.25) is 0 Å². The molecule has 0 bridgehead atoms. The molecule has 3 heteroatoms. The van der Waals surface area contributed by atoms with Gasteiger partial charge in [0.25, 0.3) is 0 Å². The Kier molecular flexibility index (Phi) is 5.29. The van der Waals surface area contributed by atoms with E-state index >= 15 is 0 Å². The van der Waals surface area contributed by atoms with Crippen molar-refractivity contribution in [2.24, 2.45) is 5.73 Å². The molecule has 1 rings (SSSR count). The van der Waals surface area contributed by atoms with Crippen LogP contribution in [0.5, 0.6) is 0 Å². The molecule has 0 aliphatic carbocycles. The molecule has 1 heterocycles. The fourth-order valence-corrected chi connectivity index (χ4v) is 2.03. The van der Waals surface area contributed by atoms with Gasteiger partial charge in [-0.05, 0) is 39.9 Å². The van der Waals surface area contributed by atoms with Crippen molar-refractivity contribution in [3.8, 4) is 0 Å². The van der Waals surface area contributed by atoms with Crippen LogP contribution in [0.4, 0.5) is 0 Å². The molecule has 0 aromatic rings. The lowest BCUT2D eigenvalue weighted by Crippen LogP contribution is -2.42. The molecule has 0 radical (unpaired) electrons. The first-order chi connectivity index (χ1) is 7.08. The maximum atomic E-state index is 5.87. The summed E-state index contributed by atoms with van der Waals surface area (Å²) in [7, 11) is 2.16. The van der Waals surface area contributed by atoms with Gasteiger partial charge in [0.1, 0.15) is 0 Å². The van der Waals surface area contributed by atoms with Gasteiger partial charge in [-0.25, -0.2) is 0 Å². The standard InChI is InChI=1S/C12H25N3/c1-11(2)10-14(3)8-9-15-6-4-12(13)5-7-15/h12H,1,4-10,13H2,2-3H3. The smallest absolute Gasteiger partial charge is 0.0184 e. The van der Waals surface area contributed by atoms with Crippen LogP contribution >= 0.6 is 0 Å². The van der Waals surface area contributed by atoms with Crippen LogP contribution in [0, 0.1) is 0 Å². The van der Waals surface area contributed by atoms with Crippen molar-refractivity contribution in [2.45, 2.75) is 25.8 Å². The Balaban J connectivity index is 2.11. The molecule has 0 atom stereocenters. The van der Waals surface area contributed by atoms with E-state index in [0.717, 1.165) is 32.5 Å². The Morgan fingerprint density at radius 2 is 2.07 bits per heavy atom. The molecule has 0 unspecified atom stereocenters. The number of hydrogen-bond acceptors (Lipinski definition) is 3. The summed E-state index contributed by atoms with van der Waals surface area (Å²) in [4.78, 5) is 4.84. The van der Waals surface area contributed by atoms with Crippen LogP contribution in [-0.4, -0.2) is 55.6 Å². The Labute approximate surface area is 93.9 Å². The van der Waals surface area contributed by atoms with Gasteiger partial charge in [-0.1, -0.05) is 12.2 Å². The number of rotatable bonds is 5. The first kappa shape index (κ1) is 12.7. The minimum Gasteiger partial charge on any atom is -0.328 e. The summed E-state index contributed by atoms with van der Waals surface area (Å²) in [6, 6.07) is 0.439. The maximum absolute atomic E-state index is 5.87. The van der Waals surface area contributed by atoms with E-state index in [1.165, 1.54) is 18.7 Å². The highest BCUT2D eigenvalue weighted by Gasteiger charge is 2.15. The average Bonchev–Trinajstić information content (AvgIpc) is 2.16. The van der Waals surface area contributed by atoms with E-state index in [-0.39, 0.29) is 0 Å². The summed E-state index contributed by atoms with van der Waals surface area (Å²) >= 11 is 0. The summed E-state index contributed by atoms with van der Waals surface area (Å²) < 4.78 is 0. The molecule has 1 fully saturated rings. The molecule has 3 nitrogen and oxygen atoms in total. The third-order valence-corrected chi connectivity index (χ3v) is 2.97. The summed E-state index contributed by atoms with van der Waals surface area (Å²) in [6.07, 6.45) is 2.31. The second kappa shape index (κ2) is 6.26. The highest BCUT2D eigenvalue weighted by atomic mass is 15.2. The molecule has 0 spiro atoms. The van der Waals surface area contributed by atoms with E-state index in [1.807, 2.05) is 0 Å². The van der Waals surface area contributed by atoms with Crippen molar-refractivity contribution in [1.82, 2.24) is 9.80 Å². The number of nitrogens with zero attached hydrogens (tertiary/aromatic N) is 2. The van der Waals surface area contributed by atoms with Gasteiger partial charge in [0.2, 0.25) is 0 Å². The fraction of sp³-hybridized carbons (Fsp3) is 0.833. The van der Waals surface area contributed by atoms with Crippen LogP contribution in [-0.2, 0) is 0 Å². The second-order valence-electron chi connectivity index (χ2n) is 4.87. The highest BCUT2D eigenvalue weighted by Crippen LogP contribution is 2.07. The number of likely N-dealkylation sites (N-methyl/N-ethyl adjacent to an activating group) is 1. The molecule has 2 N–H and O–H groups in total. The van der Waals surface area contributed by atoms with Crippen molar-refractivity contribution in [3.05, 3.63) is 12.2 Å². The van der Waals surface area contributed by atoms with E-state index in [9.17, 15) is 0 Å². The van der Waals surface area contributed by atoms with Gasteiger partial charge in [-0.3, -0.25) is 0 Å². The summed E-state index contributed by atoms with van der Waals surface area (Å²) in [5.74, 6) is 0. The van der Waals surface area contributed by atoms with Crippen LogP contribution in [0.1, 0.15) is 19.8 Å². The quantitative estimate of drug-likeness (QED) is 0.686. The third-order valence-electron chi connectivity index (χ3n) is 2.97. The zero-order valence-corrected chi connectivity index (χ0v) is 10.2. The van der Waals surface area contributed by atoms with Gasteiger partial charge in [0, 0.05) is 25.7 Å². The minimum atomic E-state index is 0.439. The molecule has 1 saturated heterocycles. The molecule has 15 heavy (non-hydrogen) atoms. The molecule has 0 amide bonds. The van der Waals surface area contributed by atoms with E-state index in [4.69, 9.17) is 5.73 Å². The SMILES string of the molecule is C=C(C)CN(C)CCN1CCC(N)CC1. The molecule has 0 aromatic heterocycles. The number of hydrogen-bond donors (Lipinski definition) is 1. The fourth-order valence-electron chi connectivity index (χ4n) is 2.03. The predicted octanol–water partition coefficient (Wildman–Crippen LogP) is 0.917. The molecular formula is C12H25N3. The molecule has 0 aromatic carbocycles. The van der Waals surface area contributed by atoms with Gasteiger partial charge < -0.3 is 15.5 Å². The van der Waals surface area contributed by atoms with Crippen LogP contribution in [0.3, 0.4) is 0 Å². The first-order valence-electron chi connectivity index (χ1n) is 5.89. The number of piperidine rings is 1. The Bertz CT molecular complexity index is 195. The van der Waals surface area contributed by atoms with Crippen molar-refractivity contribution in [2.75, 3.05) is 39.8 Å². The van der Waals surface area contributed by atoms with Crippen molar-refractivity contribution in [1.29, 1.82) is 0 Å². The Morgan fingerprint density at radius 1 is 1.47 bits per heavy atom. The van der Waals surface area contributed by atoms with Gasteiger partial charge in [0.05, 0.1) is 0 Å². The largest absolute Gasteiger partial charge is 0.328 e. The van der Waals surface area contributed by atoms with Gasteiger partial charge in [0.15, 0.2) is 0 Å². The molecular weight excluding hydrogens is 186 g/mol. The van der Waals surface area contributed by atoms with E-state index < -0.39 is 0 Å². The van der Waals surface area contributed by atoms with Crippen molar-refractivity contribution < 1.29 is 0 Å². The lowest BCUT2D eigenvalue weighted by molar-refractivity contribution is 0.189. The van der Waals surface area contributed by atoms with Gasteiger partial charge in [-0.2, -0.15) is 0 Å².